The van der Waals surface area contributed by atoms with Crippen molar-refractivity contribution in [2.24, 2.45) is 0 Å². The minimum atomic E-state index is -3.68. The average Bonchev–Trinajstić information content (AvgIpc) is 2.51. The number of hydrogen-bond acceptors (Lipinski definition) is 6. The quantitative estimate of drug-likeness (QED) is 0.668. The number of ether oxygens (including phenoxy) is 3. The number of benzene rings is 1. The zero-order valence-electron chi connectivity index (χ0n) is 14.0. The molecule has 0 N–H and O–H groups in total. The topological polar surface area (TPSA) is 82.1 Å². The maximum Gasteiger partial charge on any atom is 0.327 e. The van der Waals surface area contributed by atoms with Crippen LogP contribution >= 0.6 is 0 Å². The Balaban J connectivity index is 3.28. The lowest BCUT2D eigenvalue weighted by atomic mass is 10.2. The lowest BCUT2D eigenvalue weighted by Crippen LogP contribution is -2.38. The van der Waals surface area contributed by atoms with Crippen molar-refractivity contribution in [1.29, 1.82) is 0 Å². The van der Waals surface area contributed by atoms with Crippen LogP contribution in [0.4, 0.5) is 5.69 Å². The third kappa shape index (κ3) is 5.02. The third-order valence-corrected chi connectivity index (χ3v) is 4.72. The van der Waals surface area contributed by atoms with Crippen LogP contribution in [0.5, 0.6) is 11.5 Å². The lowest BCUT2D eigenvalue weighted by Gasteiger charge is -2.25. The Morgan fingerprint density at radius 1 is 1.22 bits per heavy atom. The lowest BCUT2D eigenvalue weighted by molar-refractivity contribution is -0.145. The molecule has 0 bridgehead atoms. The van der Waals surface area contributed by atoms with Gasteiger partial charge in [0, 0.05) is 6.07 Å². The van der Waals surface area contributed by atoms with Gasteiger partial charge in [0.15, 0.2) is 0 Å². The molecule has 1 aromatic carbocycles. The van der Waals surface area contributed by atoms with Gasteiger partial charge in [0.1, 0.15) is 18.0 Å². The van der Waals surface area contributed by atoms with Crippen molar-refractivity contribution in [3.05, 3.63) is 18.2 Å². The van der Waals surface area contributed by atoms with E-state index in [0.717, 1.165) is 4.31 Å². The smallest absolute Gasteiger partial charge is 0.327 e. The Morgan fingerprint density at radius 3 is 2.35 bits per heavy atom. The van der Waals surface area contributed by atoms with Gasteiger partial charge in [-0.05, 0) is 32.9 Å². The number of esters is 1. The molecule has 0 spiro atoms. The molecule has 0 saturated heterocycles. The zero-order chi connectivity index (χ0) is 17.6. The van der Waals surface area contributed by atoms with Gasteiger partial charge in [0.05, 0.1) is 31.8 Å². The zero-order valence-corrected chi connectivity index (χ0v) is 14.8. The summed E-state index contributed by atoms with van der Waals surface area (Å²) >= 11 is 0. The van der Waals surface area contributed by atoms with Crippen molar-refractivity contribution in [3.8, 4) is 11.5 Å². The van der Waals surface area contributed by atoms with Crippen LogP contribution in [-0.4, -0.2) is 47.0 Å². The second-order valence-corrected chi connectivity index (χ2v) is 7.17. The van der Waals surface area contributed by atoms with Gasteiger partial charge < -0.3 is 14.2 Å². The summed E-state index contributed by atoms with van der Waals surface area (Å²) in [6, 6.07) is 4.69. The van der Waals surface area contributed by atoms with Crippen LogP contribution < -0.4 is 13.8 Å². The minimum Gasteiger partial charge on any atom is -0.497 e. The Bertz CT molecular complexity index is 641. The molecule has 0 unspecified atom stereocenters. The molecule has 130 valence electrons. The molecule has 0 aliphatic carbocycles. The van der Waals surface area contributed by atoms with Crippen molar-refractivity contribution in [2.45, 2.75) is 26.9 Å². The number of carbonyl (C=O) groups is 1. The molecule has 0 saturated carbocycles. The fourth-order valence-electron chi connectivity index (χ4n) is 1.90. The SMILES string of the molecule is CCS(=O)(=O)N(CC(=O)OC(C)C)c1ccc(OC)cc1OC. The number of sulfonamides is 1. The van der Waals surface area contributed by atoms with Crippen LogP contribution in [0, 0.1) is 0 Å². The summed E-state index contributed by atoms with van der Waals surface area (Å²) < 4.78 is 41.1. The third-order valence-electron chi connectivity index (χ3n) is 3.00. The first-order chi connectivity index (χ1) is 10.7. The highest BCUT2D eigenvalue weighted by atomic mass is 32.2. The molecular formula is C15H23NO6S. The summed E-state index contributed by atoms with van der Waals surface area (Å²) in [7, 11) is -0.772. The van der Waals surface area contributed by atoms with E-state index >= 15 is 0 Å². The number of nitrogens with zero attached hydrogens (tertiary/aromatic N) is 1. The Hall–Kier alpha value is -1.96. The van der Waals surface area contributed by atoms with Gasteiger partial charge in [-0.25, -0.2) is 8.42 Å². The van der Waals surface area contributed by atoms with E-state index < -0.39 is 22.5 Å². The normalized spacial score (nSPS) is 11.2. The number of methoxy groups -OCH3 is 2. The van der Waals surface area contributed by atoms with Gasteiger partial charge in [-0.2, -0.15) is 0 Å². The first-order valence-electron chi connectivity index (χ1n) is 7.17. The molecule has 7 nitrogen and oxygen atoms in total. The number of carbonyl (C=O) groups excluding carboxylic acids is 1. The van der Waals surface area contributed by atoms with Crippen LogP contribution in [0.2, 0.25) is 0 Å². The number of anilines is 1. The maximum absolute atomic E-state index is 12.4. The molecule has 0 aromatic heterocycles. The summed E-state index contributed by atoms with van der Waals surface area (Å²) in [6.07, 6.45) is -0.327. The van der Waals surface area contributed by atoms with Gasteiger partial charge >= 0.3 is 5.97 Å². The molecule has 1 aromatic rings. The fourth-order valence-corrected chi connectivity index (χ4v) is 2.96. The molecule has 0 fully saturated rings. The Morgan fingerprint density at radius 2 is 1.87 bits per heavy atom. The van der Waals surface area contributed by atoms with Crippen molar-refractivity contribution >= 4 is 21.7 Å². The van der Waals surface area contributed by atoms with E-state index in [-0.39, 0.29) is 17.5 Å². The molecule has 0 aliphatic heterocycles. The first kappa shape index (κ1) is 19.1. The van der Waals surface area contributed by atoms with Gasteiger partial charge in [-0.15, -0.1) is 0 Å². The highest BCUT2D eigenvalue weighted by Gasteiger charge is 2.27. The second kappa shape index (κ2) is 8.05. The van der Waals surface area contributed by atoms with Gasteiger partial charge in [-0.3, -0.25) is 9.10 Å². The highest BCUT2D eigenvalue weighted by molar-refractivity contribution is 7.92. The van der Waals surface area contributed by atoms with Crippen molar-refractivity contribution in [2.75, 3.05) is 30.8 Å². The molecule has 1 rings (SSSR count). The molecule has 0 aliphatic rings. The fraction of sp³-hybridized carbons (Fsp3) is 0.533. The van der Waals surface area contributed by atoms with E-state index in [1.54, 1.807) is 26.0 Å². The van der Waals surface area contributed by atoms with Gasteiger partial charge in [0.2, 0.25) is 10.0 Å². The van der Waals surface area contributed by atoms with Gasteiger partial charge in [0.25, 0.3) is 0 Å². The van der Waals surface area contributed by atoms with E-state index in [4.69, 9.17) is 14.2 Å². The predicted molar refractivity (Wildman–Crippen MR) is 87.6 cm³/mol. The predicted octanol–water partition coefficient (Wildman–Crippen LogP) is 1.81. The second-order valence-electron chi connectivity index (χ2n) is 4.98. The van der Waals surface area contributed by atoms with E-state index in [1.807, 2.05) is 0 Å². The molecule has 8 heteroatoms. The summed E-state index contributed by atoms with van der Waals surface area (Å²) in [6.45, 7) is 4.48. The van der Waals surface area contributed by atoms with E-state index in [9.17, 15) is 13.2 Å². The van der Waals surface area contributed by atoms with Crippen LogP contribution in [0.15, 0.2) is 18.2 Å². The Kier molecular flexibility index (Phi) is 6.68. The molecule has 0 heterocycles. The minimum absolute atomic E-state index is 0.156. The molecule has 23 heavy (non-hydrogen) atoms. The first-order valence-corrected chi connectivity index (χ1v) is 8.78. The Labute approximate surface area is 137 Å². The molecule has 0 amide bonds. The summed E-state index contributed by atoms with van der Waals surface area (Å²) in [5.41, 5.74) is 0.260. The summed E-state index contributed by atoms with van der Waals surface area (Å²) in [4.78, 5) is 11.9. The molecule has 0 radical (unpaired) electrons. The van der Waals surface area contributed by atoms with E-state index in [2.05, 4.69) is 0 Å². The summed E-state index contributed by atoms with van der Waals surface area (Å²) in [5, 5.41) is 0. The standard InChI is InChI=1S/C15H23NO6S/c1-6-23(18,19)16(10-15(17)22-11(2)3)13-8-7-12(20-4)9-14(13)21-5/h7-9,11H,6,10H2,1-5H3. The maximum atomic E-state index is 12.4. The molecule has 0 atom stereocenters. The monoisotopic (exact) mass is 345 g/mol. The number of rotatable bonds is 8. The van der Waals surface area contributed by atoms with Gasteiger partial charge in [-0.1, -0.05) is 0 Å². The van der Waals surface area contributed by atoms with Crippen molar-refractivity contribution in [3.63, 3.8) is 0 Å². The van der Waals surface area contributed by atoms with Crippen molar-refractivity contribution in [1.82, 2.24) is 0 Å². The summed E-state index contributed by atoms with van der Waals surface area (Å²) in [5.74, 6) is 0.0229. The van der Waals surface area contributed by atoms with Crippen LogP contribution in [0.1, 0.15) is 20.8 Å². The van der Waals surface area contributed by atoms with Crippen molar-refractivity contribution < 1.29 is 27.4 Å². The van der Waals surface area contributed by atoms with Crippen LogP contribution in [0.3, 0.4) is 0 Å². The average molecular weight is 345 g/mol. The van der Waals surface area contributed by atoms with Crippen LogP contribution in [-0.2, 0) is 19.6 Å². The number of hydrogen-bond donors (Lipinski definition) is 0. The highest BCUT2D eigenvalue weighted by Crippen LogP contribution is 2.33. The van der Waals surface area contributed by atoms with E-state index in [0.29, 0.717) is 11.5 Å². The molecular weight excluding hydrogens is 322 g/mol. The van der Waals surface area contributed by atoms with Crippen LogP contribution in [0.25, 0.3) is 0 Å². The van der Waals surface area contributed by atoms with E-state index in [1.165, 1.54) is 27.2 Å². The largest absolute Gasteiger partial charge is 0.497 e.